The number of hydrogen-bond donors (Lipinski definition) is 1. The van der Waals surface area contributed by atoms with Crippen LogP contribution < -0.4 is 10.1 Å². The Morgan fingerprint density at radius 1 is 1.16 bits per heavy atom. The minimum absolute atomic E-state index is 0.00856. The molecule has 25 heavy (non-hydrogen) atoms. The zero-order valence-electron chi connectivity index (χ0n) is 14.2. The number of ketones is 1. The van der Waals surface area contributed by atoms with E-state index in [-0.39, 0.29) is 17.8 Å². The fourth-order valence-electron chi connectivity index (χ4n) is 2.73. The first kappa shape index (κ1) is 17.2. The second-order valence-electron chi connectivity index (χ2n) is 6.03. The molecule has 2 aromatic carbocycles. The predicted molar refractivity (Wildman–Crippen MR) is 95.3 cm³/mol. The maximum absolute atomic E-state index is 12.6. The molecule has 0 bridgehead atoms. The van der Waals surface area contributed by atoms with Gasteiger partial charge in [0.2, 0.25) is 0 Å². The Labute approximate surface area is 147 Å². The van der Waals surface area contributed by atoms with Crippen molar-refractivity contribution >= 4 is 17.4 Å². The van der Waals surface area contributed by atoms with Crippen LogP contribution in [-0.2, 0) is 4.74 Å². The van der Waals surface area contributed by atoms with Crippen LogP contribution in [-0.4, -0.2) is 31.0 Å². The number of anilines is 1. The predicted octanol–water partition coefficient (Wildman–Crippen LogP) is 3.70. The van der Waals surface area contributed by atoms with Crippen molar-refractivity contribution in [2.75, 3.05) is 18.5 Å². The molecule has 1 heterocycles. The minimum Gasteiger partial charge on any atom is -0.490 e. The second kappa shape index (κ2) is 7.94. The van der Waals surface area contributed by atoms with Gasteiger partial charge in [-0.05, 0) is 56.2 Å². The van der Waals surface area contributed by atoms with E-state index in [1.165, 1.54) is 6.92 Å². The van der Waals surface area contributed by atoms with Gasteiger partial charge in [-0.2, -0.15) is 0 Å². The lowest BCUT2D eigenvalue weighted by atomic mass is 10.1. The Balaban J connectivity index is 1.67. The molecule has 1 saturated heterocycles. The first-order chi connectivity index (χ1) is 12.1. The third-order valence-corrected chi connectivity index (χ3v) is 4.13. The molecule has 1 amide bonds. The van der Waals surface area contributed by atoms with Crippen molar-refractivity contribution in [2.24, 2.45) is 0 Å². The normalized spacial score (nSPS) is 16.4. The number of carbonyl (C=O) groups is 2. The molecule has 0 saturated carbocycles. The largest absolute Gasteiger partial charge is 0.490 e. The van der Waals surface area contributed by atoms with Gasteiger partial charge in [0.15, 0.2) is 5.78 Å². The van der Waals surface area contributed by atoms with E-state index in [1.807, 2.05) is 6.07 Å². The molecule has 1 fully saturated rings. The number of hydrogen-bond acceptors (Lipinski definition) is 4. The average molecular weight is 339 g/mol. The number of para-hydroxylation sites is 1. The maximum Gasteiger partial charge on any atom is 0.259 e. The van der Waals surface area contributed by atoms with E-state index in [9.17, 15) is 9.59 Å². The lowest BCUT2D eigenvalue weighted by Crippen LogP contribution is -2.19. The van der Waals surface area contributed by atoms with E-state index < -0.39 is 0 Å². The van der Waals surface area contributed by atoms with Gasteiger partial charge in [-0.3, -0.25) is 9.59 Å². The van der Waals surface area contributed by atoms with Crippen molar-refractivity contribution in [3.05, 3.63) is 59.7 Å². The summed E-state index contributed by atoms with van der Waals surface area (Å²) in [4.78, 5) is 23.9. The highest BCUT2D eigenvalue weighted by molar-refractivity contribution is 6.06. The Morgan fingerprint density at radius 2 is 1.92 bits per heavy atom. The molecule has 5 nitrogen and oxygen atoms in total. The summed E-state index contributed by atoms with van der Waals surface area (Å²) in [6.45, 7) is 2.72. The molecule has 1 aliphatic rings. The lowest BCUT2D eigenvalue weighted by molar-refractivity contribution is 0.0673. The Bertz CT molecular complexity index is 749. The average Bonchev–Trinajstić information content (AvgIpc) is 3.14. The van der Waals surface area contributed by atoms with E-state index >= 15 is 0 Å². The quantitative estimate of drug-likeness (QED) is 0.815. The van der Waals surface area contributed by atoms with Gasteiger partial charge in [0.25, 0.3) is 5.91 Å². The molecule has 0 unspecified atom stereocenters. The van der Waals surface area contributed by atoms with Gasteiger partial charge >= 0.3 is 0 Å². The zero-order chi connectivity index (χ0) is 17.6. The van der Waals surface area contributed by atoms with Crippen LogP contribution in [0, 0.1) is 0 Å². The smallest absolute Gasteiger partial charge is 0.259 e. The molecule has 0 aromatic heterocycles. The fourth-order valence-corrected chi connectivity index (χ4v) is 2.73. The topological polar surface area (TPSA) is 64.6 Å². The molecule has 0 spiro atoms. The number of benzene rings is 2. The van der Waals surface area contributed by atoms with E-state index in [0.717, 1.165) is 19.4 Å². The van der Waals surface area contributed by atoms with Gasteiger partial charge in [0.05, 0.1) is 11.7 Å². The lowest BCUT2D eigenvalue weighted by Gasteiger charge is -2.14. The van der Waals surface area contributed by atoms with Crippen LogP contribution in [0.5, 0.6) is 5.75 Å². The molecular weight excluding hydrogens is 318 g/mol. The highest BCUT2D eigenvalue weighted by Crippen LogP contribution is 2.22. The van der Waals surface area contributed by atoms with Crippen molar-refractivity contribution in [2.45, 2.75) is 25.9 Å². The molecule has 0 aliphatic carbocycles. The summed E-state index contributed by atoms with van der Waals surface area (Å²) in [5.41, 5.74) is 1.71. The summed E-state index contributed by atoms with van der Waals surface area (Å²) < 4.78 is 11.3. The van der Waals surface area contributed by atoms with Gasteiger partial charge < -0.3 is 14.8 Å². The Kier molecular flexibility index (Phi) is 5.46. The highest BCUT2D eigenvalue weighted by Gasteiger charge is 2.18. The van der Waals surface area contributed by atoms with Crippen molar-refractivity contribution < 1.29 is 19.1 Å². The summed E-state index contributed by atoms with van der Waals surface area (Å²) >= 11 is 0. The van der Waals surface area contributed by atoms with Crippen LogP contribution in [0.25, 0.3) is 0 Å². The SMILES string of the molecule is CC(=O)c1ccc(NC(=O)c2ccccc2OC[C@H]2CCCO2)cc1. The summed E-state index contributed by atoms with van der Waals surface area (Å²) in [7, 11) is 0. The molecule has 1 atom stereocenters. The van der Waals surface area contributed by atoms with Crippen LogP contribution in [0.2, 0.25) is 0 Å². The van der Waals surface area contributed by atoms with Gasteiger partial charge in [-0.15, -0.1) is 0 Å². The summed E-state index contributed by atoms with van der Waals surface area (Å²) in [6, 6.07) is 14.0. The number of nitrogens with one attached hydrogen (secondary N) is 1. The van der Waals surface area contributed by atoms with E-state index in [4.69, 9.17) is 9.47 Å². The Morgan fingerprint density at radius 3 is 2.60 bits per heavy atom. The first-order valence-electron chi connectivity index (χ1n) is 8.39. The number of amides is 1. The van der Waals surface area contributed by atoms with E-state index in [2.05, 4.69) is 5.32 Å². The third kappa shape index (κ3) is 4.45. The van der Waals surface area contributed by atoms with Crippen LogP contribution in [0.3, 0.4) is 0 Å². The minimum atomic E-state index is -0.251. The maximum atomic E-state index is 12.6. The monoisotopic (exact) mass is 339 g/mol. The number of rotatable bonds is 6. The van der Waals surface area contributed by atoms with Gasteiger partial charge in [0.1, 0.15) is 12.4 Å². The Hall–Kier alpha value is -2.66. The molecular formula is C20H21NO4. The first-order valence-corrected chi connectivity index (χ1v) is 8.39. The van der Waals surface area contributed by atoms with E-state index in [0.29, 0.717) is 29.2 Å². The van der Waals surface area contributed by atoms with Crippen molar-refractivity contribution in [3.8, 4) is 5.75 Å². The van der Waals surface area contributed by atoms with Gasteiger partial charge in [-0.1, -0.05) is 12.1 Å². The second-order valence-corrected chi connectivity index (χ2v) is 6.03. The van der Waals surface area contributed by atoms with Crippen LogP contribution in [0.15, 0.2) is 48.5 Å². The van der Waals surface area contributed by atoms with Crippen LogP contribution in [0.1, 0.15) is 40.5 Å². The van der Waals surface area contributed by atoms with Gasteiger partial charge in [-0.25, -0.2) is 0 Å². The molecule has 2 aromatic rings. The van der Waals surface area contributed by atoms with Crippen molar-refractivity contribution in [1.29, 1.82) is 0 Å². The van der Waals surface area contributed by atoms with Gasteiger partial charge in [0, 0.05) is 17.9 Å². The van der Waals surface area contributed by atoms with Crippen LogP contribution in [0.4, 0.5) is 5.69 Å². The third-order valence-electron chi connectivity index (χ3n) is 4.13. The molecule has 3 rings (SSSR count). The number of Topliss-reactive ketones (excluding diaryl/α,β-unsaturated/α-hetero) is 1. The zero-order valence-corrected chi connectivity index (χ0v) is 14.2. The summed E-state index contributed by atoms with van der Waals surface area (Å²) in [5.74, 6) is 0.278. The van der Waals surface area contributed by atoms with Crippen LogP contribution >= 0.6 is 0 Å². The fraction of sp³-hybridized carbons (Fsp3) is 0.300. The molecule has 5 heteroatoms. The molecule has 1 aliphatic heterocycles. The van der Waals surface area contributed by atoms with Crippen molar-refractivity contribution in [3.63, 3.8) is 0 Å². The summed E-state index contributed by atoms with van der Waals surface area (Å²) in [6.07, 6.45) is 2.12. The van der Waals surface area contributed by atoms with E-state index in [1.54, 1.807) is 42.5 Å². The molecule has 1 N–H and O–H groups in total. The molecule has 130 valence electrons. The standard InChI is InChI=1S/C20H21NO4/c1-14(22)15-8-10-16(11-9-15)21-20(23)18-6-2-3-7-19(18)25-13-17-5-4-12-24-17/h2-3,6-11,17H,4-5,12-13H2,1H3,(H,21,23)/t17-/m1/s1. The van der Waals surface area contributed by atoms with Crippen molar-refractivity contribution in [1.82, 2.24) is 0 Å². The molecule has 0 radical (unpaired) electrons. The summed E-state index contributed by atoms with van der Waals surface area (Å²) in [5, 5.41) is 2.83. The number of carbonyl (C=O) groups excluding carboxylic acids is 2. The highest BCUT2D eigenvalue weighted by atomic mass is 16.5. The number of ether oxygens (including phenoxy) is 2.